The minimum atomic E-state index is 0.526. The van der Waals surface area contributed by atoms with E-state index in [1.54, 1.807) is 11.3 Å². The second kappa shape index (κ2) is 3.10. The minimum absolute atomic E-state index is 0.526. The van der Waals surface area contributed by atoms with Crippen LogP contribution in [0.3, 0.4) is 0 Å². The number of aromatic amines is 1. The predicted octanol–water partition coefficient (Wildman–Crippen LogP) is 2.87. The van der Waals surface area contributed by atoms with Gasteiger partial charge in [-0.05, 0) is 16.8 Å². The Morgan fingerprint density at radius 1 is 1.27 bits per heavy atom. The number of H-pyrrole nitrogens is 1. The van der Waals surface area contributed by atoms with Crippen LogP contribution in [-0.2, 0) is 0 Å². The van der Waals surface area contributed by atoms with E-state index in [2.05, 4.69) is 33.8 Å². The van der Waals surface area contributed by atoms with E-state index in [9.17, 15) is 0 Å². The molecule has 0 aliphatic rings. The van der Waals surface area contributed by atoms with Gasteiger partial charge in [-0.15, -0.1) is 11.3 Å². The number of aromatic nitrogens is 2. The number of nitrogens with one attached hydrogen (secondary N) is 1. The molecule has 3 N–H and O–H groups in total. The molecule has 0 saturated heterocycles. The van der Waals surface area contributed by atoms with E-state index in [0.29, 0.717) is 5.82 Å². The van der Waals surface area contributed by atoms with Crippen molar-refractivity contribution in [1.82, 2.24) is 10.2 Å². The summed E-state index contributed by atoms with van der Waals surface area (Å²) in [6.07, 6.45) is 0. The van der Waals surface area contributed by atoms with Gasteiger partial charge in [0.15, 0.2) is 0 Å². The molecular weight excluding hydrogens is 206 g/mol. The second-order valence-electron chi connectivity index (χ2n) is 3.35. The summed E-state index contributed by atoms with van der Waals surface area (Å²) in [5.41, 5.74) is 7.73. The average Bonchev–Trinajstić information content (AvgIpc) is 2.84. The van der Waals surface area contributed by atoms with Crippen molar-refractivity contribution in [2.24, 2.45) is 0 Å². The van der Waals surface area contributed by atoms with Gasteiger partial charge in [-0.25, -0.2) is 0 Å². The number of thiophene rings is 1. The highest BCUT2D eigenvalue weighted by Crippen LogP contribution is 2.31. The van der Waals surface area contributed by atoms with Gasteiger partial charge in [0.1, 0.15) is 5.82 Å². The third-order valence-corrected chi connectivity index (χ3v) is 3.33. The van der Waals surface area contributed by atoms with Crippen molar-refractivity contribution >= 4 is 27.2 Å². The Morgan fingerprint density at radius 2 is 2.20 bits per heavy atom. The van der Waals surface area contributed by atoms with E-state index in [1.165, 1.54) is 10.1 Å². The first kappa shape index (κ1) is 8.49. The monoisotopic (exact) mass is 215 g/mol. The van der Waals surface area contributed by atoms with Crippen molar-refractivity contribution in [3.8, 4) is 11.3 Å². The molecule has 74 valence electrons. The number of fused-ring (bicyclic) bond motifs is 1. The molecule has 15 heavy (non-hydrogen) atoms. The highest BCUT2D eigenvalue weighted by Gasteiger charge is 2.06. The van der Waals surface area contributed by atoms with Crippen molar-refractivity contribution < 1.29 is 0 Å². The van der Waals surface area contributed by atoms with Crippen molar-refractivity contribution in [3.05, 3.63) is 35.7 Å². The molecule has 0 unspecified atom stereocenters. The lowest BCUT2D eigenvalue weighted by atomic mass is 10.1. The van der Waals surface area contributed by atoms with Crippen LogP contribution in [0.1, 0.15) is 0 Å². The van der Waals surface area contributed by atoms with E-state index in [4.69, 9.17) is 5.73 Å². The number of nitrogens with two attached hydrogens (primary N) is 1. The fourth-order valence-corrected chi connectivity index (χ4v) is 2.61. The number of nitrogens with zero attached hydrogens (tertiary/aromatic N) is 1. The van der Waals surface area contributed by atoms with Crippen LogP contribution in [0.5, 0.6) is 0 Å². The molecule has 0 amide bonds. The molecule has 0 atom stereocenters. The number of hydrogen-bond donors (Lipinski definition) is 2. The fraction of sp³-hybridized carbons (Fsp3) is 0. The molecule has 0 fully saturated rings. The summed E-state index contributed by atoms with van der Waals surface area (Å²) in [4.78, 5) is 0. The summed E-state index contributed by atoms with van der Waals surface area (Å²) in [6.45, 7) is 0. The van der Waals surface area contributed by atoms with Crippen LogP contribution < -0.4 is 5.73 Å². The number of benzene rings is 1. The maximum absolute atomic E-state index is 5.60. The number of hydrogen-bond acceptors (Lipinski definition) is 3. The van der Waals surface area contributed by atoms with Gasteiger partial charge in [0, 0.05) is 16.3 Å². The quantitative estimate of drug-likeness (QED) is 0.655. The van der Waals surface area contributed by atoms with Gasteiger partial charge in [-0.2, -0.15) is 5.10 Å². The minimum Gasteiger partial charge on any atom is -0.382 e. The van der Waals surface area contributed by atoms with Gasteiger partial charge in [0.05, 0.1) is 5.69 Å². The van der Waals surface area contributed by atoms with Crippen LogP contribution in [0.4, 0.5) is 5.82 Å². The van der Waals surface area contributed by atoms with E-state index in [0.717, 1.165) is 11.3 Å². The Morgan fingerprint density at radius 3 is 3.00 bits per heavy atom. The largest absolute Gasteiger partial charge is 0.382 e. The molecule has 4 heteroatoms. The normalized spacial score (nSPS) is 10.9. The Balaban J connectivity index is 2.30. The smallest absolute Gasteiger partial charge is 0.145 e. The number of rotatable bonds is 1. The first-order valence-corrected chi connectivity index (χ1v) is 5.50. The van der Waals surface area contributed by atoms with Crippen LogP contribution in [-0.4, -0.2) is 10.2 Å². The highest BCUT2D eigenvalue weighted by molar-refractivity contribution is 7.17. The maximum atomic E-state index is 5.60. The summed E-state index contributed by atoms with van der Waals surface area (Å²) < 4.78 is 1.26. The average molecular weight is 215 g/mol. The SMILES string of the molecule is Nc1cc(-c2cccc3ccsc23)[nH]n1. The predicted molar refractivity (Wildman–Crippen MR) is 63.8 cm³/mol. The van der Waals surface area contributed by atoms with Crippen molar-refractivity contribution in [2.75, 3.05) is 5.73 Å². The lowest BCUT2D eigenvalue weighted by Gasteiger charge is -1.98. The molecule has 3 nitrogen and oxygen atoms in total. The van der Waals surface area contributed by atoms with Crippen LogP contribution in [0.15, 0.2) is 35.7 Å². The van der Waals surface area contributed by atoms with Crippen molar-refractivity contribution in [3.63, 3.8) is 0 Å². The van der Waals surface area contributed by atoms with E-state index >= 15 is 0 Å². The molecule has 2 heterocycles. The Labute approximate surface area is 90.5 Å². The zero-order valence-corrected chi connectivity index (χ0v) is 8.71. The lowest BCUT2D eigenvalue weighted by molar-refractivity contribution is 1.10. The first-order valence-electron chi connectivity index (χ1n) is 4.62. The second-order valence-corrected chi connectivity index (χ2v) is 4.27. The Bertz CT molecular complexity index is 609. The zero-order valence-electron chi connectivity index (χ0n) is 7.90. The Hall–Kier alpha value is -1.81. The van der Waals surface area contributed by atoms with Crippen LogP contribution in [0, 0.1) is 0 Å². The van der Waals surface area contributed by atoms with Crippen LogP contribution in [0.25, 0.3) is 21.3 Å². The number of nitrogen functional groups attached to an aromatic ring is 1. The summed E-state index contributed by atoms with van der Waals surface area (Å²) >= 11 is 1.73. The molecule has 0 spiro atoms. The van der Waals surface area contributed by atoms with E-state index in [-0.39, 0.29) is 0 Å². The molecule has 0 aliphatic heterocycles. The van der Waals surface area contributed by atoms with Gasteiger partial charge in [0.25, 0.3) is 0 Å². The zero-order chi connectivity index (χ0) is 10.3. The molecule has 0 bridgehead atoms. The van der Waals surface area contributed by atoms with Gasteiger partial charge in [-0.1, -0.05) is 18.2 Å². The van der Waals surface area contributed by atoms with Crippen molar-refractivity contribution in [2.45, 2.75) is 0 Å². The molecule has 0 radical (unpaired) electrons. The van der Waals surface area contributed by atoms with Gasteiger partial charge in [0.2, 0.25) is 0 Å². The molecule has 0 saturated carbocycles. The number of anilines is 1. The maximum Gasteiger partial charge on any atom is 0.145 e. The highest BCUT2D eigenvalue weighted by atomic mass is 32.1. The third-order valence-electron chi connectivity index (χ3n) is 2.37. The Kier molecular flexibility index (Phi) is 1.76. The molecule has 3 aromatic rings. The van der Waals surface area contributed by atoms with Gasteiger partial charge >= 0.3 is 0 Å². The molecule has 3 rings (SSSR count). The van der Waals surface area contributed by atoms with E-state index in [1.807, 2.05) is 12.1 Å². The molecule has 1 aromatic carbocycles. The van der Waals surface area contributed by atoms with Gasteiger partial charge in [-0.3, -0.25) is 5.10 Å². The summed E-state index contributed by atoms with van der Waals surface area (Å²) in [5, 5.41) is 10.2. The summed E-state index contributed by atoms with van der Waals surface area (Å²) in [7, 11) is 0. The van der Waals surface area contributed by atoms with Crippen LogP contribution in [0.2, 0.25) is 0 Å². The summed E-state index contributed by atoms with van der Waals surface area (Å²) in [5.74, 6) is 0.526. The van der Waals surface area contributed by atoms with Gasteiger partial charge < -0.3 is 5.73 Å². The van der Waals surface area contributed by atoms with Crippen LogP contribution >= 0.6 is 11.3 Å². The van der Waals surface area contributed by atoms with E-state index < -0.39 is 0 Å². The fourth-order valence-electron chi connectivity index (χ4n) is 1.68. The third kappa shape index (κ3) is 1.30. The summed E-state index contributed by atoms with van der Waals surface area (Å²) in [6, 6.07) is 10.2. The standard InChI is InChI=1S/C11H9N3S/c12-10-6-9(13-14-10)8-3-1-2-7-4-5-15-11(7)8/h1-6H,(H3,12,13,14). The lowest BCUT2D eigenvalue weighted by Crippen LogP contribution is -1.81. The first-order chi connectivity index (χ1) is 7.34. The van der Waals surface area contributed by atoms with Crippen molar-refractivity contribution in [1.29, 1.82) is 0 Å². The molecular formula is C11H9N3S. The molecule has 2 aromatic heterocycles. The molecule has 0 aliphatic carbocycles. The topological polar surface area (TPSA) is 54.7 Å².